The van der Waals surface area contributed by atoms with Gasteiger partial charge in [0.2, 0.25) is 23.6 Å². The van der Waals surface area contributed by atoms with Gasteiger partial charge in [0.05, 0.1) is 42.3 Å². The van der Waals surface area contributed by atoms with Gasteiger partial charge in [0.15, 0.2) is 5.65 Å². The number of nitrogens with one attached hydrogen (secondary N) is 3. The molecule has 5 aromatic rings. The molecule has 0 saturated carbocycles. The number of nitrogens with zero attached hydrogens (tertiary/aromatic N) is 7. The molecule has 0 bridgehead atoms. The summed E-state index contributed by atoms with van der Waals surface area (Å²) in [7, 11) is 1.97. The number of fused-ring (bicyclic) bond motifs is 2. The molecule has 2 unspecified atom stereocenters. The van der Waals surface area contributed by atoms with Crippen molar-refractivity contribution in [3.05, 3.63) is 90.3 Å². The average molecular weight is 886 g/mol. The van der Waals surface area contributed by atoms with Crippen LogP contribution in [0.15, 0.2) is 79.1 Å². The van der Waals surface area contributed by atoms with Gasteiger partial charge in [-0.2, -0.15) is 5.10 Å². The highest BCUT2D eigenvalue weighted by molar-refractivity contribution is 6.25. The summed E-state index contributed by atoms with van der Waals surface area (Å²) in [5.74, 6) is -0.895. The Morgan fingerprint density at radius 3 is 2.52 bits per heavy atom. The molecular formula is C46H51N11O8. The molecule has 3 aliphatic rings. The van der Waals surface area contributed by atoms with Crippen LogP contribution in [0.1, 0.15) is 65.3 Å². The van der Waals surface area contributed by atoms with Crippen molar-refractivity contribution in [1.82, 2.24) is 45.1 Å². The minimum atomic E-state index is -1.08. The molecule has 3 aliphatic heterocycles. The molecule has 19 heteroatoms. The van der Waals surface area contributed by atoms with Crippen LogP contribution in [-0.2, 0) is 23.9 Å². The van der Waals surface area contributed by atoms with Gasteiger partial charge in [-0.15, -0.1) is 0 Å². The number of hydrogen-bond acceptors (Lipinski definition) is 14. The predicted molar refractivity (Wildman–Crippen MR) is 239 cm³/mol. The predicted octanol–water partition coefficient (Wildman–Crippen LogP) is 3.39. The highest BCUT2D eigenvalue weighted by Gasteiger charge is 2.45. The molecule has 2 aromatic heterocycles. The van der Waals surface area contributed by atoms with Crippen LogP contribution < -0.4 is 26.4 Å². The molecular weight excluding hydrogens is 835 g/mol. The zero-order valence-electron chi connectivity index (χ0n) is 36.0. The van der Waals surface area contributed by atoms with Gasteiger partial charge in [-0.3, -0.25) is 39.0 Å². The van der Waals surface area contributed by atoms with Gasteiger partial charge in [0, 0.05) is 50.3 Å². The van der Waals surface area contributed by atoms with Crippen molar-refractivity contribution in [2.75, 3.05) is 70.6 Å². The number of hydrogen-bond donors (Lipinski definition) is 4. The second-order valence-electron chi connectivity index (χ2n) is 16.2. The van der Waals surface area contributed by atoms with Crippen LogP contribution in [0.5, 0.6) is 11.5 Å². The average Bonchev–Trinajstić information content (AvgIpc) is 3.83. The third-order valence-electron chi connectivity index (χ3n) is 11.7. The molecule has 2 saturated heterocycles. The number of ether oxygens (including phenoxy) is 2. The van der Waals surface area contributed by atoms with E-state index in [0.29, 0.717) is 79.6 Å². The van der Waals surface area contributed by atoms with Crippen molar-refractivity contribution in [3.63, 3.8) is 0 Å². The number of carbonyl (C=O) groups is 6. The van der Waals surface area contributed by atoms with Crippen molar-refractivity contribution in [1.29, 1.82) is 0 Å². The second kappa shape index (κ2) is 20.1. The summed E-state index contributed by atoms with van der Waals surface area (Å²) in [5.41, 5.74) is 9.05. The molecule has 0 radical (unpaired) electrons. The van der Waals surface area contributed by atoms with Crippen LogP contribution in [0.4, 0.5) is 11.5 Å². The van der Waals surface area contributed by atoms with Gasteiger partial charge < -0.3 is 35.6 Å². The summed E-state index contributed by atoms with van der Waals surface area (Å²) < 4.78 is 13.6. The SMILES string of the molecule is CN(CCCC(=O)N1CCCC(n2nc(-c3ccc(Oc4ccccc4)cc3)c3c(N)ncnc32)C1)CCOCCNC(=O)CNc1cccc2c1C(=O)N(C1CCC(=O)NC1=O)C2=O. The van der Waals surface area contributed by atoms with Crippen molar-refractivity contribution in [2.24, 2.45) is 0 Å². The van der Waals surface area contributed by atoms with E-state index >= 15 is 0 Å². The van der Waals surface area contributed by atoms with Gasteiger partial charge in [-0.05, 0) is 87.8 Å². The number of nitrogens with two attached hydrogens (primary N) is 1. The third-order valence-corrected chi connectivity index (χ3v) is 11.7. The van der Waals surface area contributed by atoms with E-state index < -0.39 is 29.7 Å². The van der Waals surface area contributed by atoms with E-state index in [-0.39, 0.29) is 61.5 Å². The van der Waals surface area contributed by atoms with Crippen LogP contribution >= 0.6 is 0 Å². The largest absolute Gasteiger partial charge is 0.457 e. The Hall–Kier alpha value is -7.25. The summed E-state index contributed by atoms with van der Waals surface area (Å²) in [6.07, 6.45) is 4.27. The number of benzene rings is 3. The molecule has 338 valence electrons. The molecule has 0 spiro atoms. The maximum atomic E-state index is 13.5. The summed E-state index contributed by atoms with van der Waals surface area (Å²) in [6, 6.07) is 20.7. The van der Waals surface area contributed by atoms with E-state index in [1.807, 2.05) is 71.2 Å². The Morgan fingerprint density at radius 2 is 1.72 bits per heavy atom. The number of likely N-dealkylation sites (tertiary alicyclic amines) is 1. The Labute approximate surface area is 374 Å². The minimum Gasteiger partial charge on any atom is -0.457 e. The van der Waals surface area contributed by atoms with Gasteiger partial charge in [-0.1, -0.05) is 24.3 Å². The smallest absolute Gasteiger partial charge is 0.264 e. The number of anilines is 2. The van der Waals surface area contributed by atoms with E-state index in [0.717, 1.165) is 29.1 Å². The third kappa shape index (κ3) is 10.1. The van der Waals surface area contributed by atoms with Crippen molar-refractivity contribution in [3.8, 4) is 22.8 Å². The molecule has 19 nitrogen and oxygen atoms in total. The number of para-hydroxylation sites is 1. The number of nitrogen functional groups attached to an aromatic ring is 1. The lowest BCUT2D eigenvalue weighted by Gasteiger charge is -2.33. The fraction of sp³-hybridized carbons (Fsp3) is 0.370. The first-order valence-corrected chi connectivity index (χ1v) is 21.8. The number of carbonyl (C=O) groups excluding carboxylic acids is 6. The van der Waals surface area contributed by atoms with E-state index in [1.54, 1.807) is 12.1 Å². The van der Waals surface area contributed by atoms with Crippen LogP contribution in [0.3, 0.4) is 0 Å². The van der Waals surface area contributed by atoms with Gasteiger partial charge >= 0.3 is 0 Å². The first-order valence-electron chi connectivity index (χ1n) is 21.8. The van der Waals surface area contributed by atoms with Crippen LogP contribution in [0.2, 0.25) is 0 Å². The van der Waals surface area contributed by atoms with Gasteiger partial charge in [0.1, 0.15) is 35.4 Å². The molecule has 2 fully saturated rings. The molecule has 8 rings (SSSR count). The van der Waals surface area contributed by atoms with Gasteiger partial charge in [0.25, 0.3) is 11.8 Å². The number of amides is 6. The van der Waals surface area contributed by atoms with Crippen LogP contribution in [-0.4, -0.2) is 135 Å². The summed E-state index contributed by atoms with van der Waals surface area (Å²) in [5, 5.41) is 13.6. The molecule has 0 aliphatic carbocycles. The molecule has 5 N–H and O–H groups in total. The second-order valence-corrected chi connectivity index (χ2v) is 16.2. The summed E-state index contributed by atoms with van der Waals surface area (Å²) in [6.45, 7) is 3.35. The van der Waals surface area contributed by atoms with Crippen LogP contribution in [0.25, 0.3) is 22.3 Å². The maximum Gasteiger partial charge on any atom is 0.264 e. The van der Waals surface area contributed by atoms with Gasteiger partial charge in [-0.25, -0.2) is 14.6 Å². The minimum absolute atomic E-state index is 0.0204. The zero-order valence-corrected chi connectivity index (χ0v) is 36.0. The topological polar surface area (TPSA) is 236 Å². The maximum absolute atomic E-state index is 13.5. The summed E-state index contributed by atoms with van der Waals surface area (Å²) in [4.78, 5) is 90.2. The number of aromatic nitrogens is 4. The van der Waals surface area contributed by atoms with Crippen LogP contribution in [0, 0.1) is 0 Å². The van der Waals surface area contributed by atoms with Crippen molar-refractivity contribution >= 4 is 58.0 Å². The normalized spacial score (nSPS) is 17.4. The van der Waals surface area contributed by atoms with Crippen molar-refractivity contribution in [2.45, 2.75) is 50.6 Å². The standard InChI is InChI=1S/C46H51N11O8/c1-54(23-25-64-24-20-48-37(59)26-49-34-12-5-11-33-39(34)46(63)56(45(33)62)35-18-19-36(58)52-44(35)61)21-7-13-38(60)55-22-6-8-30(27-55)57-43-40(42(47)50-28-51-43)41(53-57)29-14-16-32(17-15-29)65-31-9-3-2-4-10-31/h2-5,9-12,14-17,28,30,35,49H,6-8,13,18-27H2,1H3,(H,48,59)(H2,47,50,51)(H,52,58,61). The van der Waals surface area contributed by atoms with Crippen molar-refractivity contribution < 1.29 is 38.2 Å². The molecule has 3 aromatic carbocycles. The molecule has 6 amide bonds. The van der Waals surface area contributed by atoms with E-state index in [2.05, 4.69) is 30.8 Å². The molecule has 2 atom stereocenters. The summed E-state index contributed by atoms with van der Waals surface area (Å²) >= 11 is 0. The fourth-order valence-corrected chi connectivity index (χ4v) is 8.39. The Balaban J connectivity index is 0.738. The fourth-order valence-electron chi connectivity index (χ4n) is 8.39. The lowest BCUT2D eigenvalue weighted by atomic mass is 10.0. The Morgan fingerprint density at radius 1 is 0.923 bits per heavy atom. The Kier molecular flexibility index (Phi) is 13.7. The Bertz CT molecular complexity index is 2590. The highest BCUT2D eigenvalue weighted by atomic mass is 16.5. The number of rotatable bonds is 18. The lowest BCUT2D eigenvalue weighted by Crippen LogP contribution is -2.54. The first kappa shape index (κ1) is 44.4. The molecule has 65 heavy (non-hydrogen) atoms. The number of likely N-dealkylation sites (N-methyl/N-ethyl adjacent to an activating group) is 1. The monoisotopic (exact) mass is 885 g/mol. The molecule has 5 heterocycles. The van der Waals surface area contributed by atoms with E-state index in [4.69, 9.17) is 20.3 Å². The first-order chi connectivity index (χ1) is 31.5. The number of imide groups is 2. The quantitative estimate of drug-likeness (QED) is 0.0730. The highest BCUT2D eigenvalue weighted by Crippen LogP contribution is 2.36. The number of piperidine rings is 2. The van der Waals surface area contributed by atoms with E-state index in [1.165, 1.54) is 12.4 Å². The van der Waals surface area contributed by atoms with E-state index in [9.17, 15) is 28.8 Å². The zero-order chi connectivity index (χ0) is 45.5. The lowest BCUT2D eigenvalue weighted by molar-refractivity contribution is -0.136.